The number of fused-ring (bicyclic) bond motifs is 3. The van der Waals surface area contributed by atoms with Crippen LogP contribution in [0.4, 0.5) is 0 Å². The molecule has 1 aliphatic rings. The Labute approximate surface area is 179 Å². The second-order valence-electron chi connectivity index (χ2n) is 8.21. The zero-order valence-corrected chi connectivity index (χ0v) is 17.5. The van der Waals surface area contributed by atoms with Crippen LogP contribution >= 0.6 is 0 Å². The van der Waals surface area contributed by atoms with Crippen LogP contribution in [0.2, 0.25) is 0 Å². The van der Waals surface area contributed by atoms with Crippen LogP contribution in [0.5, 0.6) is 0 Å². The molecule has 1 amide bonds. The van der Waals surface area contributed by atoms with Crippen LogP contribution in [-0.2, 0) is 17.9 Å². The highest BCUT2D eigenvalue weighted by molar-refractivity contribution is 6.06. The maximum absolute atomic E-state index is 12.9. The van der Waals surface area contributed by atoms with Crippen LogP contribution in [0.3, 0.4) is 0 Å². The monoisotopic (exact) mass is 415 g/mol. The van der Waals surface area contributed by atoms with Gasteiger partial charge < -0.3 is 9.88 Å². The van der Waals surface area contributed by atoms with Gasteiger partial charge in [-0.2, -0.15) is 5.10 Å². The van der Waals surface area contributed by atoms with Crippen molar-refractivity contribution in [3.8, 4) is 0 Å². The number of carbonyl (C=O) groups excluding carboxylic acids is 1. The van der Waals surface area contributed by atoms with Crippen LogP contribution in [0.1, 0.15) is 11.1 Å². The molecule has 2 aromatic carbocycles. The number of carbonyl (C=O) groups is 1. The Hall–Kier alpha value is -3.45. The lowest BCUT2D eigenvalue weighted by Gasteiger charge is -2.34. The lowest BCUT2D eigenvalue weighted by Crippen LogP contribution is -2.49. The molecule has 31 heavy (non-hydrogen) atoms. The van der Waals surface area contributed by atoms with Gasteiger partial charge in [-0.1, -0.05) is 42.0 Å². The van der Waals surface area contributed by atoms with E-state index in [1.165, 1.54) is 10.2 Å². The van der Waals surface area contributed by atoms with E-state index in [0.29, 0.717) is 18.6 Å². The van der Waals surface area contributed by atoms with E-state index in [4.69, 9.17) is 0 Å². The highest BCUT2D eigenvalue weighted by atomic mass is 16.2. The van der Waals surface area contributed by atoms with Crippen LogP contribution in [0.15, 0.2) is 59.5 Å². The van der Waals surface area contributed by atoms with Gasteiger partial charge in [-0.3, -0.25) is 14.5 Å². The van der Waals surface area contributed by atoms with Gasteiger partial charge >= 0.3 is 0 Å². The first-order valence-corrected chi connectivity index (χ1v) is 10.6. The molecule has 7 heteroatoms. The number of nitrogens with one attached hydrogen (secondary N) is 1. The molecular weight excluding hydrogens is 390 g/mol. The fourth-order valence-electron chi connectivity index (χ4n) is 4.28. The molecular formula is C24H25N5O2. The summed E-state index contributed by atoms with van der Waals surface area (Å²) in [5, 5.41) is 6.06. The van der Waals surface area contributed by atoms with Crippen molar-refractivity contribution in [1.82, 2.24) is 24.6 Å². The molecule has 3 heterocycles. The molecule has 1 fully saturated rings. The van der Waals surface area contributed by atoms with Gasteiger partial charge in [0.15, 0.2) is 0 Å². The zero-order valence-electron chi connectivity index (χ0n) is 17.5. The average molecular weight is 415 g/mol. The molecule has 1 N–H and O–H groups in total. The molecule has 0 unspecified atom stereocenters. The van der Waals surface area contributed by atoms with E-state index in [2.05, 4.69) is 27.1 Å². The number of aryl methyl sites for hydroxylation is 1. The molecule has 7 nitrogen and oxygen atoms in total. The summed E-state index contributed by atoms with van der Waals surface area (Å²) < 4.78 is 1.27. The van der Waals surface area contributed by atoms with Gasteiger partial charge in [0.2, 0.25) is 5.91 Å². The quantitative estimate of drug-likeness (QED) is 0.556. The van der Waals surface area contributed by atoms with Crippen molar-refractivity contribution in [2.75, 3.05) is 26.2 Å². The van der Waals surface area contributed by atoms with Crippen molar-refractivity contribution in [2.24, 2.45) is 0 Å². The van der Waals surface area contributed by atoms with E-state index in [1.54, 1.807) is 6.20 Å². The predicted octanol–water partition coefficient (Wildman–Crippen LogP) is 2.53. The number of aromatic nitrogens is 3. The third-order valence-corrected chi connectivity index (χ3v) is 6.03. The third-order valence-electron chi connectivity index (χ3n) is 6.03. The molecule has 158 valence electrons. The Bertz CT molecular complexity index is 1300. The Morgan fingerprint density at radius 3 is 2.58 bits per heavy atom. The first-order valence-electron chi connectivity index (χ1n) is 10.6. The molecule has 4 aromatic rings. The molecule has 0 bridgehead atoms. The van der Waals surface area contributed by atoms with Gasteiger partial charge in [0, 0.05) is 49.0 Å². The minimum Gasteiger partial charge on any atom is -0.350 e. The Morgan fingerprint density at radius 1 is 1.03 bits per heavy atom. The summed E-state index contributed by atoms with van der Waals surface area (Å²) in [6.07, 6.45) is 1.68. The fraction of sp³-hybridized carbons (Fsp3) is 0.292. The largest absolute Gasteiger partial charge is 0.350 e. The van der Waals surface area contributed by atoms with E-state index < -0.39 is 0 Å². The predicted molar refractivity (Wildman–Crippen MR) is 121 cm³/mol. The smallest absolute Gasteiger partial charge is 0.291 e. The average Bonchev–Trinajstić information content (AvgIpc) is 3.15. The van der Waals surface area contributed by atoms with E-state index in [9.17, 15) is 9.59 Å². The lowest BCUT2D eigenvalue weighted by molar-refractivity contribution is -0.133. The molecule has 5 rings (SSSR count). The molecule has 2 aromatic heterocycles. The molecule has 1 aliphatic heterocycles. The number of piperazine rings is 1. The van der Waals surface area contributed by atoms with Crippen molar-refractivity contribution in [1.29, 1.82) is 0 Å². The second-order valence-corrected chi connectivity index (χ2v) is 8.21. The number of rotatable bonds is 4. The number of benzene rings is 2. The van der Waals surface area contributed by atoms with Gasteiger partial charge in [0.25, 0.3) is 5.56 Å². The molecule has 1 saturated heterocycles. The summed E-state index contributed by atoms with van der Waals surface area (Å²) in [7, 11) is 0. The van der Waals surface area contributed by atoms with Gasteiger partial charge in [-0.05, 0) is 24.6 Å². The van der Waals surface area contributed by atoms with Gasteiger partial charge in [-0.25, -0.2) is 4.68 Å². The van der Waals surface area contributed by atoms with Gasteiger partial charge in [-0.15, -0.1) is 0 Å². The van der Waals surface area contributed by atoms with Crippen LogP contribution in [0.25, 0.3) is 21.8 Å². The zero-order chi connectivity index (χ0) is 21.4. The number of H-pyrrole nitrogens is 1. The number of aromatic amines is 1. The van der Waals surface area contributed by atoms with E-state index in [1.807, 2.05) is 48.2 Å². The van der Waals surface area contributed by atoms with Crippen molar-refractivity contribution < 1.29 is 4.79 Å². The summed E-state index contributed by atoms with van der Waals surface area (Å²) in [5.41, 5.74) is 3.54. The summed E-state index contributed by atoms with van der Waals surface area (Å²) in [4.78, 5) is 33.1. The molecule has 0 saturated carbocycles. The summed E-state index contributed by atoms with van der Waals surface area (Å²) in [6.45, 7) is 5.84. The maximum atomic E-state index is 12.9. The first-order chi connectivity index (χ1) is 15.1. The van der Waals surface area contributed by atoms with Crippen molar-refractivity contribution in [3.05, 3.63) is 76.2 Å². The summed E-state index contributed by atoms with van der Waals surface area (Å²) >= 11 is 0. The minimum absolute atomic E-state index is 0.0398. The molecule has 0 radical (unpaired) electrons. The minimum atomic E-state index is -0.262. The normalized spacial score (nSPS) is 15.1. The number of hydrogen-bond donors (Lipinski definition) is 1. The lowest BCUT2D eigenvalue weighted by atomic mass is 10.1. The van der Waals surface area contributed by atoms with Gasteiger partial charge in [0.05, 0.1) is 6.20 Å². The van der Waals surface area contributed by atoms with Crippen LogP contribution in [-0.4, -0.2) is 56.7 Å². The fourth-order valence-corrected chi connectivity index (χ4v) is 4.28. The van der Waals surface area contributed by atoms with E-state index in [-0.39, 0.29) is 18.0 Å². The molecule has 0 atom stereocenters. The second kappa shape index (κ2) is 8.00. The van der Waals surface area contributed by atoms with Gasteiger partial charge in [0.1, 0.15) is 12.1 Å². The highest BCUT2D eigenvalue weighted by Crippen LogP contribution is 2.23. The SMILES string of the molecule is Cc1ccc2[nH]c3c(=O)n(CC(=O)N4CCN(Cc5ccccc5)CC4)ncc3c2c1. The maximum Gasteiger partial charge on any atom is 0.291 e. The molecule has 0 spiro atoms. The summed E-state index contributed by atoms with van der Waals surface area (Å²) in [6, 6.07) is 16.4. The number of hydrogen-bond acceptors (Lipinski definition) is 4. The Kier molecular flexibility index (Phi) is 5.03. The third kappa shape index (κ3) is 3.84. The van der Waals surface area contributed by atoms with Crippen molar-refractivity contribution in [3.63, 3.8) is 0 Å². The van der Waals surface area contributed by atoms with Crippen molar-refractivity contribution in [2.45, 2.75) is 20.0 Å². The highest BCUT2D eigenvalue weighted by Gasteiger charge is 2.22. The Morgan fingerprint density at radius 2 is 1.81 bits per heavy atom. The van der Waals surface area contributed by atoms with Crippen molar-refractivity contribution >= 4 is 27.7 Å². The standard InChI is InChI=1S/C24H25N5O2/c1-17-7-8-21-19(13-17)20-14-25-29(24(31)23(20)26-21)16-22(30)28-11-9-27(10-12-28)15-18-5-3-2-4-6-18/h2-8,13-14,26H,9-12,15-16H2,1H3. The van der Waals surface area contributed by atoms with E-state index >= 15 is 0 Å². The number of amides is 1. The van der Waals surface area contributed by atoms with Crippen LogP contribution in [0, 0.1) is 6.92 Å². The number of nitrogens with zero attached hydrogens (tertiary/aromatic N) is 4. The Balaban J connectivity index is 1.28. The topological polar surface area (TPSA) is 74.2 Å². The first kappa shape index (κ1) is 19.5. The summed E-state index contributed by atoms with van der Waals surface area (Å²) in [5.74, 6) is -0.0692. The van der Waals surface area contributed by atoms with Crippen LogP contribution < -0.4 is 5.56 Å². The molecule has 0 aliphatic carbocycles. The van der Waals surface area contributed by atoms with E-state index in [0.717, 1.165) is 41.5 Å².